The number of carboxylic acids is 1. The molecular formula is C52H60N8O17P3S2+. The van der Waals surface area contributed by atoms with Crippen molar-refractivity contribution in [3.05, 3.63) is 104 Å². The van der Waals surface area contributed by atoms with Crippen LogP contribution < -0.4 is 41.7 Å². The third-order valence-electron chi connectivity index (χ3n) is 15.1. The Morgan fingerprint density at radius 2 is 1.70 bits per heavy atom. The summed E-state index contributed by atoms with van der Waals surface area (Å²) < 4.78 is 70.0. The Bertz CT molecular complexity index is 3790. The summed E-state index contributed by atoms with van der Waals surface area (Å²) in [6, 6.07) is 9.49. The largest absolute Gasteiger partial charge is 0.490 e. The Hall–Kier alpha value is -5.20. The summed E-state index contributed by atoms with van der Waals surface area (Å²) in [6.07, 6.45) is 7.54. The van der Waals surface area contributed by atoms with Gasteiger partial charge in [0, 0.05) is 88.6 Å². The zero-order valence-electron chi connectivity index (χ0n) is 44.5. The Morgan fingerprint density at radius 1 is 0.939 bits per heavy atom. The first-order valence-corrected chi connectivity index (χ1v) is 33.3. The van der Waals surface area contributed by atoms with Crippen LogP contribution in [-0.2, 0) is 66.8 Å². The first-order valence-electron chi connectivity index (χ1n) is 26.4. The number of aryl methyl sites for hydroxylation is 2. The Labute approximate surface area is 477 Å². The fourth-order valence-corrected chi connectivity index (χ4v) is 17.0. The second-order valence-corrected chi connectivity index (χ2v) is 28.5. The minimum Gasteiger partial charge on any atom is -0.478 e. The zero-order valence-corrected chi connectivity index (χ0v) is 48.8. The van der Waals surface area contributed by atoms with Gasteiger partial charge in [-0.05, 0) is 87.8 Å². The van der Waals surface area contributed by atoms with E-state index in [0.717, 1.165) is 105 Å². The molecule has 0 saturated carbocycles. The number of phosphoric ester groups is 1. The van der Waals surface area contributed by atoms with Gasteiger partial charge < -0.3 is 59.4 Å². The predicted molar refractivity (Wildman–Crippen MR) is 302 cm³/mol. The lowest BCUT2D eigenvalue weighted by atomic mass is 9.81. The number of hydrogen-bond donors (Lipinski definition) is 8. The average molecular weight is 1230 g/mol. The number of rotatable bonds is 19. The zero-order chi connectivity index (χ0) is 57.9. The van der Waals surface area contributed by atoms with Crippen molar-refractivity contribution in [1.82, 2.24) is 24.4 Å². The van der Waals surface area contributed by atoms with Crippen LogP contribution in [0.5, 0.6) is 11.5 Å². The number of anilines is 2. The molecule has 5 aromatic rings. The van der Waals surface area contributed by atoms with Crippen LogP contribution in [0.25, 0.3) is 16.6 Å². The van der Waals surface area contributed by atoms with Gasteiger partial charge in [0.2, 0.25) is 5.36 Å². The summed E-state index contributed by atoms with van der Waals surface area (Å²) in [5.74, 6) is 11.9. The van der Waals surface area contributed by atoms with Gasteiger partial charge in [-0.3, -0.25) is 14.2 Å². The van der Waals surface area contributed by atoms with Crippen molar-refractivity contribution in [3.8, 4) is 23.3 Å². The van der Waals surface area contributed by atoms with Gasteiger partial charge in [0.1, 0.15) is 73.4 Å². The molecule has 82 heavy (non-hydrogen) atoms. The molecule has 5 atom stereocenters. The highest BCUT2D eigenvalue weighted by Crippen LogP contribution is 2.66. The molecule has 6 aliphatic rings. The van der Waals surface area contributed by atoms with Crippen molar-refractivity contribution in [1.29, 1.82) is 0 Å². The third-order valence-corrected chi connectivity index (χ3v) is 21.9. The molecule has 1 fully saturated rings. The van der Waals surface area contributed by atoms with Gasteiger partial charge in [-0.1, -0.05) is 39.5 Å². The molecule has 3 aromatic carbocycles. The summed E-state index contributed by atoms with van der Waals surface area (Å²) in [5, 5.41) is 16.6. The van der Waals surface area contributed by atoms with Crippen LogP contribution in [0.15, 0.2) is 42.9 Å². The van der Waals surface area contributed by atoms with E-state index in [0.29, 0.717) is 22.2 Å². The van der Waals surface area contributed by atoms with E-state index in [4.69, 9.17) is 45.0 Å². The van der Waals surface area contributed by atoms with Crippen molar-refractivity contribution in [2.24, 2.45) is 5.90 Å². The van der Waals surface area contributed by atoms with E-state index in [2.05, 4.69) is 57.4 Å². The van der Waals surface area contributed by atoms with Crippen LogP contribution in [0, 0.1) is 11.8 Å². The molecule has 436 valence electrons. The lowest BCUT2D eigenvalue weighted by Crippen LogP contribution is -2.45. The smallest absolute Gasteiger partial charge is 0.478 e. The number of carbonyl (C=O) groups excluding carboxylic acids is 1. The quantitative estimate of drug-likeness (QED) is 0.0101. The van der Waals surface area contributed by atoms with Gasteiger partial charge >= 0.3 is 29.4 Å². The first-order chi connectivity index (χ1) is 39.1. The Morgan fingerprint density at radius 3 is 2.46 bits per heavy atom. The molecule has 0 bridgehead atoms. The molecule has 30 heteroatoms. The van der Waals surface area contributed by atoms with Crippen molar-refractivity contribution >= 4 is 85.0 Å². The summed E-state index contributed by atoms with van der Waals surface area (Å²) in [4.78, 5) is 80.4. The van der Waals surface area contributed by atoms with Crippen LogP contribution >= 0.6 is 45.1 Å². The number of nitrogens with one attached hydrogen (secondary N) is 1. The Balaban J connectivity index is 0.736. The molecule has 10 N–H and O–H groups in total. The number of nitrogens with two attached hydrogens (primary N) is 2. The molecule has 2 aromatic heterocycles. The first kappa shape index (κ1) is 58.6. The number of aromatic nitrogens is 3. The lowest BCUT2D eigenvalue weighted by molar-refractivity contribution is -0.0599. The highest BCUT2D eigenvalue weighted by Gasteiger charge is 2.44. The number of carbonyl (C=O) groups is 2. The van der Waals surface area contributed by atoms with Gasteiger partial charge in [-0.15, -0.1) is 0 Å². The minimum absolute atomic E-state index is 0.00581. The lowest BCUT2D eigenvalue weighted by Gasteiger charge is -2.39. The molecule has 3 unspecified atom stereocenters. The van der Waals surface area contributed by atoms with E-state index >= 15 is 0 Å². The second kappa shape index (κ2) is 23.3. The topological polar surface area (TPSA) is 352 Å². The maximum atomic E-state index is 13.9. The number of nitrogens with zero attached hydrogens (tertiary/aromatic N) is 5. The van der Waals surface area contributed by atoms with Crippen LogP contribution in [0.1, 0.15) is 112 Å². The van der Waals surface area contributed by atoms with Gasteiger partial charge in [0.15, 0.2) is 0 Å². The molecular weight excluding hydrogens is 1170 g/mol. The number of phosphoric acid groups is 3. The molecule has 6 aliphatic heterocycles. The number of amides is 1. The van der Waals surface area contributed by atoms with E-state index in [1.165, 1.54) is 67.3 Å². The number of hydrogen-bond acceptors (Lipinski definition) is 19. The van der Waals surface area contributed by atoms with Crippen LogP contribution in [0.2, 0.25) is 0 Å². The normalized spacial score (nSPS) is 20.6. The molecule has 0 radical (unpaired) electrons. The van der Waals surface area contributed by atoms with Gasteiger partial charge in [0.25, 0.3) is 5.91 Å². The van der Waals surface area contributed by atoms with E-state index in [1.807, 2.05) is 13.8 Å². The molecule has 8 heterocycles. The molecule has 25 nitrogen and oxygen atoms in total. The van der Waals surface area contributed by atoms with Crippen molar-refractivity contribution in [2.75, 3.05) is 62.5 Å². The number of ether oxygens (including phenoxy) is 3. The minimum atomic E-state index is -5.76. The third kappa shape index (κ3) is 12.2. The summed E-state index contributed by atoms with van der Waals surface area (Å²) in [5.41, 5.74) is 15.7. The van der Waals surface area contributed by atoms with Crippen molar-refractivity contribution < 1.29 is 80.2 Å². The summed E-state index contributed by atoms with van der Waals surface area (Å²) >= 11 is 0. The second-order valence-electron chi connectivity index (χ2n) is 21.2. The average Bonchev–Trinajstić information content (AvgIpc) is 1.11. The molecule has 0 spiro atoms. The highest BCUT2D eigenvalue weighted by atomic mass is 33.1. The van der Waals surface area contributed by atoms with Crippen LogP contribution in [-0.4, -0.2) is 120 Å². The standard InChI is InChI=1S/C52H59N8O17P3S2/c1-52(2,82-81-28-71-19-7-10-32-24-60(49-42(32)48(53)56-27-57-49)41-23-39(75-54)40(73-41)25-72-79(67,68)77-80(69,70)76-78(64,65)66)26-55-50(61)31-13-14-33(36(22-31)51(62)63)43-37-20-29-8-3-15-58-17-5-11-34(44(29)58)46(37)74-47-35-12-6-18-59-16-4-9-30(45(35)59)21-38(43)47/h13-14,20-22,24,27,39-41H,3-6,8-9,11-12,15-19,23,25-26,28,54H2,1-2H3,(H7-,53,55,56,57,61,62,63,64,65,66,67,68,69,70)/p+1/t39?,40-,41-/m1/s1. The fraction of sp³-hybridized carbons (Fsp3) is 0.442. The highest BCUT2D eigenvalue weighted by molar-refractivity contribution is 8.77. The van der Waals surface area contributed by atoms with Crippen molar-refractivity contribution in [3.63, 3.8) is 0 Å². The summed E-state index contributed by atoms with van der Waals surface area (Å²) in [6.45, 7) is 7.43. The maximum Gasteiger partial charge on any atom is 0.490 e. The van der Waals surface area contributed by atoms with E-state index < -0.39 is 65.1 Å². The monoisotopic (exact) mass is 1230 g/mol. The molecule has 11 rings (SSSR count). The van der Waals surface area contributed by atoms with E-state index in [9.17, 15) is 38.2 Å². The Kier molecular flexibility index (Phi) is 16.7. The molecule has 1 amide bonds. The summed E-state index contributed by atoms with van der Waals surface area (Å²) in [7, 11) is -13.9. The predicted octanol–water partition coefficient (Wildman–Crippen LogP) is 4.95. The number of fused-ring (bicyclic) bond motifs is 5. The van der Waals surface area contributed by atoms with E-state index in [1.54, 1.807) is 22.9 Å². The molecule has 0 aliphatic carbocycles. The number of nitrogen functional groups attached to an aromatic ring is 1. The number of carboxylic acid groups (broad SMARTS) is 1. The number of benzene rings is 3. The maximum absolute atomic E-state index is 13.9. The van der Waals surface area contributed by atoms with Crippen molar-refractivity contribution in [2.45, 2.75) is 94.8 Å². The fourth-order valence-electron chi connectivity index (χ4n) is 11.8. The van der Waals surface area contributed by atoms with E-state index in [-0.39, 0.29) is 42.5 Å². The van der Waals surface area contributed by atoms with Crippen LogP contribution in [0.4, 0.5) is 11.5 Å². The van der Waals surface area contributed by atoms with Crippen LogP contribution in [0.3, 0.4) is 0 Å². The SMILES string of the molecule is CC(C)(CNC(=O)c1ccc(C2=c3cc4c5c(c3Oc3c2cc2c6c3CCCN6CCC2)CCC[N+]=5CCC4)c(C(=O)O)c1)SSCOCC#Cc1cn([C@H]2CC(ON)[C@@H](COP(=O)(O)OP(=O)(O)OP(=O)(O)O)O2)c2ncnc(N)c12. The van der Waals surface area contributed by atoms with Gasteiger partial charge in [-0.2, -0.15) is 8.62 Å². The van der Waals surface area contributed by atoms with Gasteiger partial charge in [-0.25, -0.2) is 38.9 Å². The van der Waals surface area contributed by atoms with Gasteiger partial charge in [0.05, 0.1) is 28.7 Å². The number of aromatic carboxylic acids is 1. The molecule has 1 saturated heterocycles.